The third-order valence-corrected chi connectivity index (χ3v) is 6.70. The van der Waals surface area contributed by atoms with E-state index in [0.717, 1.165) is 75.8 Å². The van der Waals surface area contributed by atoms with Crippen molar-refractivity contribution >= 4 is 11.6 Å². The third kappa shape index (κ3) is 5.80. The zero-order valence-corrected chi connectivity index (χ0v) is 20.0. The third-order valence-electron chi connectivity index (χ3n) is 6.70. The standard InChI is InChI=1S/C27H37N3O3/c1-3-32-25-11-7-5-9-23(25)21-28-15-13-22(14-16-28)27(31)30-19-17-29(18-20-30)24-10-6-8-12-26(24)33-4-2/h5-12,22H,3-4,13-21H2,1-2H3. The second kappa shape index (κ2) is 11.4. The van der Waals surface area contributed by atoms with Gasteiger partial charge in [0.15, 0.2) is 0 Å². The lowest BCUT2D eigenvalue weighted by Gasteiger charge is -2.39. The van der Waals surface area contributed by atoms with E-state index in [1.165, 1.54) is 5.56 Å². The van der Waals surface area contributed by atoms with Crippen molar-refractivity contribution in [1.82, 2.24) is 9.80 Å². The highest BCUT2D eigenvalue weighted by Crippen LogP contribution is 2.30. The fourth-order valence-electron chi connectivity index (χ4n) is 4.93. The van der Waals surface area contributed by atoms with Crippen molar-refractivity contribution in [3.05, 3.63) is 54.1 Å². The predicted octanol–water partition coefficient (Wildman–Crippen LogP) is 4.04. The number of para-hydroxylation sites is 3. The number of rotatable bonds is 8. The normalized spacial score (nSPS) is 17.8. The van der Waals surface area contributed by atoms with E-state index in [0.29, 0.717) is 19.1 Å². The SMILES string of the molecule is CCOc1ccccc1CN1CCC(C(=O)N2CCN(c3ccccc3OCC)CC2)CC1. The first-order valence-corrected chi connectivity index (χ1v) is 12.4. The van der Waals surface area contributed by atoms with E-state index in [-0.39, 0.29) is 5.92 Å². The molecule has 6 nitrogen and oxygen atoms in total. The number of benzene rings is 2. The van der Waals surface area contributed by atoms with Crippen LogP contribution < -0.4 is 14.4 Å². The number of hydrogen-bond acceptors (Lipinski definition) is 5. The summed E-state index contributed by atoms with van der Waals surface area (Å²) >= 11 is 0. The zero-order valence-electron chi connectivity index (χ0n) is 20.0. The molecule has 6 heteroatoms. The summed E-state index contributed by atoms with van der Waals surface area (Å²) in [6.07, 6.45) is 1.87. The maximum atomic E-state index is 13.2. The van der Waals surface area contributed by atoms with Crippen LogP contribution in [0.3, 0.4) is 0 Å². The minimum absolute atomic E-state index is 0.144. The Bertz CT molecular complexity index is 903. The van der Waals surface area contributed by atoms with E-state index in [1.807, 2.05) is 38.1 Å². The molecule has 0 saturated carbocycles. The van der Waals surface area contributed by atoms with Crippen molar-refractivity contribution in [2.75, 3.05) is 57.4 Å². The highest BCUT2D eigenvalue weighted by Gasteiger charge is 2.31. The van der Waals surface area contributed by atoms with Gasteiger partial charge < -0.3 is 19.3 Å². The Morgan fingerprint density at radius 2 is 1.42 bits per heavy atom. The average Bonchev–Trinajstić information content (AvgIpc) is 2.86. The highest BCUT2D eigenvalue weighted by atomic mass is 16.5. The summed E-state index contributed by atoms with van der Waals surface area (Å²) in [7, 11) is 0. The number of anilines is 1. The number of hydrogen-bond donors (Lipinski definition) is 0. The first-order chi connectivity index (χ1) is 16.2. The Hall–Kier alpha value is -2.73. The van der Waals surface area contributed by atoms with Crippen LogP contribution in [0.2, 0.25) is 0 Å². The smallest absolute Gasteiger partial charge is 0.225 e. The first kappa shape index (κ1) is 23.4. The quantitative estimate of drug-likeness (QED) is 0.606. The van der Waals surface area contributed by atoms with Gasteiger partial charge in [-0.05, 0) is 58.0 Å². The van der Waals surface area contributed by atoms with Gasteiger partial charge in [-0.15, -0.1) is 0 Å². The van der Waals surface area contributed by atoms with E-state index in [9.17, 15) is 4.79 Å². The van der Waals surface area contributed by atoms with Crippen LogP contribution in [-0.4, -0.2) is 68.2 Å². The summed E-state index contributed by atoms with van der Waals surface area (Å²) in [5.74, 6) is 2.38. The summed E-state index contributed by atoms with van der Waals surface area (Å²) in [4.78, 5) is 20.1. The van der Waals surface area contributed by atoms with Crippen molar-refractivity contribution < 1.29 is 14.3 Å². The minimum atomic E-state index is 0.144. The number of amides is 1. The Kier molecular flexibility index (Phi) is 8.10. The van der Waals surface area contributed by atoms with Crippen molar-refractivity contribution in [3.8, 4) is 11.5 Å². The van der Waals surface area contributed by atoms with Gasteiger partial charge in [0.2, 0.25) is 5.91 Å². The molecule has 33 heavy (non-hydrogen) atoms. The number of piperidine rings is 1. The summed E-state index contributed by atoms with van der Waals surface area (Å²) in [6, 6.07) is 16.5. The second-order valence-electron chi connectivity index (χ2n) is 8.80. The maximum Gasteiger partial charge on any atom is 0.225 e. The summed E-state index contributed by atoms with van der Waals surface area (Å²) < 4.78 is 11.6. The second-order valence-corrected chi connectivity index (χ2v) is 8.80. The van der Waals surface area contributed by atoms with Crippen molar-refractivity contribution in [1.29, 1.82) is 0 Å². The lowest BCUT2D eigenvalue weighted by molar-refractivity contribution is -0.137. The number of carbonyl (C=O) groups is 1. The van der Waals surface area contributed by atoms with Crippen LogP contribution in [0.1, 0.15) is 32.3 Å². The molecule has 2 saturated heterocycles. The van der Waals surface area contributed by atoms with Gasteiger partial charge in [0.25, 0.3) is 0 Å². The van der Waals surface area contributed by atoms with Gasteiger partial charge in [-0.3, -0.25) is 9.69 Å². The molecule has 0 unspecified atom stereocenters. The average molecular weight is 452 g/mol. The Morgan fingerprint density at radius 1 is 0.818 bits per heavy atom. The van der Waals surface area contributed by atoms with Crippen LogP contribution in [-0.2, 0) is 11.3 Å². The molecule has 2 aromatic rings. The fraction of sp³-hybridized carbons (Fsp3) is 0.519. The Balaban J connectivity index is 1.26. The molecule has 2 fully saturated rings. The zero-order chi connectivity index (χ0) is 23.0. The van der Waals surface area contributed by atoms with Crippen LogP contribution in [0, 0.1) is 5.92 Å². The molecule has 1 amide bonds. The van der Waals surface area contributed by atoms with Gasteiger partial charge in [-0.25, -0.2) is 0 Å². The molecule has 2 aromatic carbocycles. The van der Waals surface area contributed by atoms with Crippen LogP contribution in [0.15, 0.2) is 48.5 Å². The number of carbonyl (C=O) groups excluding carboxylic acids is 1. The van der Waals surface area contributed by atoms with Crippen LogP contribution in [0.4, 0.5) is 5.69 Å². The molecule has 0 spiro atoms. The van der Waals surface area contributed by atoms with Crippen molar-refractivity contribution in [2.45, 2.75) is 33.2 Å². The molecule has 0 atom stereocenters. The molecular formula is C27H37N3O3. The van der Waals surface area contributed by atoms with Gasteiger partial charge in [-0.2, -0.15) is 0 Å². The van der Waals surface area contributed by atoms with E-state index < -0.39 is 0 Å². The van der Waals surface area contributed by atoms with E-state index in [2.05, 4.69) is 39.0 Å². The van der Waals surface area contributed by atoms with Crippen molar-refractivity contribution in [3.63, 3.8) is 0 Å². The van der Waals surface area contributed by atoms with E-state index in [1.54, 1.807) is 0 Å². The molecule has 2 aliphatic rings. The summed E-state index contributed by atoms with van der Waals surface area (Å²) in [5.41, 5.74) is 2.36. The van der Waals surface area contributed by atoms with Crippen LogP contribution >= 0.6 is 0 Å². The van der Waals surface area contributed by atoms with Crippen molar-refractivity contribution in [2.24, 2.45) is 5.92 Å². The molecule has 4 rings (SSSR count). The van der Waals surface area contributed by atoms with Gasteiger partial charge in [0.05, 0.1) is 18.9 Å². The molecule has 0 bridgehead atoms. The maximum absolute atomic E-state index is 13.2. The molecule has 2 heterocycles. The highest BCUT2D eigenvalue weighted by molar-refractivity contribution is 5.79. The van der Waals surface area contributed by atoms with Gasteiger partial charge >= 0.3 is 0 Å². The molecule has 0 radical (unpaired) electrons. The van der Waals surface area contributed by atoms with E-state index >= 15 is 0 Å². The number of nitrogens with zero attached hydrogens (tertiary/aromatic N) is 3. The van der Waals surface area contributed by atoms with Gasteiger partial charge in [-0.1, -0.05) is 30.3 Å². The van der Waals surface area contributed by atoms with Gasteiger partial charge in [0.1, 0.15) is 11.5 Å². The lowest BCUT2D eigenvalue weighted by Crippen LogP contribution is -2.51. The molecule has 0 N–H and O–H groups in total. The first-order valence-electron chi connectivity index (χ1n) is 12.4. The number of piperazine rings is 1. The number of likely N-dealkylation sites (tertiary alicyclic amines) is 1. The minimum Gasteiger partial charge on any atom is -0.494 e. The number of ether oxygens (including phenoxy) is 2. The predicted molar refractivity (Wildman–Crippen MR) is 132 cm³/mol. The molecule has 0 aliphatic carbocycles. The lowest BCUT2D eigenvalue weighted by atomic mass is 9.94. The molecule has 2 aliphatic heterocycles. The summed E-state index contributed by atoms with van der Waals surface area (Å²) in [6.45, 7) is 11.4. The molecule has 178 valence electrons. The Morgan fingerprint density at radius 3 is 2.12 bits per heavy atom. The Labute approximate surface area is 198 Å². The molecule has 0 aromatic heterocycles. The molecular weight excluding hydrogens is 414 g/mol. The fourth-order valence-corrected chi connectivity index (χ4v) is 4.93. The largest absolute Gasteiger partial charge is 0.494 e. The van der Waals surface area contributed by atoms with E-state index in [4.69, 9.17) is 9.47 Å². The van der Waals surface area contributed by atoms with Crippen LogP contribution in [0.25, 0.3) is 0 Å². The van der Waals surface area contributed by atoms with Gasteiger partial charge in [0, 0.05) is 44.2 Å². The monoisotopic (exact) mass is 451 g/mol. The topological polar surface area (TPSA) is 45.2 Å². The summed E-state index contributed by atoms with van der Waals surface area (Å²) in [5, 5.41) is 0. The van der Waals surface area contributed by atoms with Crippen LogP contribution in [0.5, 0.6) is 11.5 Å².